The van der Waals surface area contributed by atoms with Crippen molar-refractivity contribution >= 4 is 17.3 Å². The van der Waals surface area contributed by atoms with Crippen LogP contribution >= 0.6 is 0 Å². The van der Waals surface area contributed by atoms with Crippen molar-refractivity contribution in [2.75, 3.05) is 49.6 Å². The first-order valence-electron chi connectivity index (χ1n) is 8.70. The molecule has 0 atom stereocenters. The number of halogens is 1. The molecule has 142 valence electrons. The first-order chi connectivity index (χ1) is 12.1. The fourth-order valence-electron chi connectivity index (χ4n) is 2.82. The fraction of sp³-hybridized carbons (Fsp3) is 0.474. The van der Waals surface area contributed by atoms with Gasteiger partial charge in [-0.15, -0.1) is 0 Å². The van der Waals surface area contributed by atoms with Gasteiger partial charge in [0.1, 0.15) is 11.6 Å². The second-order valence-electron chi connectivity index (χ2n) is 5.89. The Morgan fingerprint density at radius 3 is 2.54 bits per heavy atom. The van der Waals surface area contributed by atoms with Gasteiger partial charge in [-0.1, -0.05) is 0 Å². The van der Waals surface area contributed by atoms with Gasteiger partial charge in [0.2, 0.25) is 0 Å². The number of ether oxygens (including phenoxy) is 1. The van der Waals surface area contributed by atoms with Crippen molar-refractivity contribution in [1.82, 2.24) is 4.90 Å². The summed E-state index contributed by atoms with van der Waals surface area (Å²) in [6, 6.07) is 8.13. The van der Waals surface area contributed by atoms with Crippen LogP contribution in [0.3, 0.4) is 0 Å². The lowest BCUT2D eigenvalue weighted by atomic mass is 10.1. The van der Waals surface area contributed by atoms with Gasteiger partial charge in [0.25, 0.3) is 5.91 Å². The van der Waals surface area contributed by atoms with Crippen molar-refractivity contribution in [3.63, 3.8) is 0 Å². The Balaban J connectivity index is 0.00000338. The molecule has 1 saturated heterocycles. The molecule has 0 saturated carbocycles. The van der Waals surface area contributed by atoms with Gasteiger partial charge in [0, 0.05) is 43.8 Å². The Kier molecular flexibility index (Phi) is 8.97. The summed E-state index contributed by atoms with van der Waals surface area (Å²) >= 11 is 0. The van der Waals surface area contributed by atoms with E-state index in [0.29, 0.717) is 26.3 Å². The van der Waals surface area contributed by atoms with Gasteiger partial charge in [-0.2, -0.15) is 5.26 Å². The smallest absolute Gasteiger partial charge is 0.266 e. The van der Waals surface area contributed by atoms with Crippen molar-refractivity contribution in [2.45, 2.75) is 20.8 Å². The molecule has 0 spiro atoms. The molecule has 1 heterocycles. The second-order valence-corrected chi connectivity index (χ2v) is 5.89. The molecule has 1 N–H and O–H groups in total. The van der Waals surface area contributed by atoms with Gasteiger partial charge >= 0.3 is 0 Å². The number of anilines is 2. The predicted molar refractivity (Wildman–Crippen MR) is 99.5 cm³/mol. The molecule has 1 aromatic carbocycles. The standard InChI is InChI=1S/C19H26N4O2.ClH/c1-4-22(5-2)17-6-7-18(15(3)12-17)21-14-16(13-20)19(24)23-8-10-25-11-9-23;/h6-7,12,14,21H,4-5,8-11H2,1-3H3;1H/p-1/b16-14-;. The molecule has 0 unspecified atom stereocenters. The maximum atomic E-state index is 12.4. The molecule has 26 heavy (non-hydrogen) atoms. The molecule has 7 heteroatoms. The third kappa shape index (κ3) is 5.38. The van der Waals surface area contributed by atoms with Gasteiger partial charge in [0.05, 0.1) is 13.2 Å². The Labute approximate surface area is 161 Å². The van der Waals surface area contributed by atoms with Crippen molar-refractivity contribution < 1.29 is 21.9 Å². The summed E-state index contributed by atoms with van der Waals surface area (Å²) in [6.45, 7) is 10.3. The highest BCUT2D eigenvalue weighted by Crippen LogP contribution is 2.23. The number of carbonyl (C=O) groups excluding carboxylic acids is 1. The largest absolute Gasteiger partial charge is 1.00 e. The highest BCUT2D eigenvalue weighted by Gasteiger charge is 2.20. The number of benzene rings is 1. The molecule has 6 nitrogen and oxygen atoms in total. The monoisotopic (exact) mass is 377 g/mol. The molecule has 0 bridgehead atoms. The number of nitrogens with zero attached hydrogens (tertiary/aromatic N) is 3. The molecule has 1 amide bonds. The van der Waals surface area contributed by atoms with E-state index in [1.165, 1.54) is 11.9 Å². The summed E-state index contributed by atoms with van der Waals surface area (Å²) in [5, 5.41) is 12.4. The van der Waals surface area contributed by atoms with Gasteiger partial charge in [0.15, 0.2) is 0 Å². The van der Waals surface area contributed by atoms with E-state index >= 15 is 0 Å². The molecule has 0 aliphatic carbocycles. The maximum Gasteiger partial charge on any atom is 0.266 e. The van der Waals surface area contributed by atoms with E-state index in [1.807, 2.05) is 25.1 Å². The molecule has 2 rings (SSSR count). The minimum Gasteiger partial charge on any atom is -1.00 e. The lowest BCUT2D eigenvalue weighted by Gasteiger charge is -2.26. The summed E-state index contributed by atoms with van der Waals surface area (Å²) < 4.78 is 5.24. The summed E-state index contributed by atoms with van der Waals surface area (Å²) in [5.41, 5.74) is 3.23. The lowest BCUT2D eigenvalue weighted by molar-refractivity contribution is -0.130. The molecule has 0 aromatic heterocycles. The van der Waals surface area contributed by atoms with E-state index in [2.05, 4.69) is 30.1 Å². The topological polar surface area (TPSA) is 68.6 Å². The van der Waals surface area contributed by atoms with Crippen LogP contribution in [0.5, 0.6) is 0 Å². The van der Waals surface area contributed by atoms with Crippen LogP contribution < -0.4 is 22.6 Å². The number of nitrogens with one attached hydrogen (secondary N) is 1. The quantitative estimate of drug-likeness (QED) is 0.536. The number of hydrogen-bond acceptors (Lipinski definition) is 5. The van der Waals surface area contributed by atoms with Crippen LogP contribution in [0, 0.1) is 18.3 Å². The molecule has 1 fully saturated rings. The minimum absolute atomic E-state index is 0. The van der Waals surface area contributed by atoms with Gasteiger partial charge < -0.3 is 32.3 Å². The zero-order valence-electron chi connectivity index (χ0n) is 15.6. The number of hydrogen-bond donors (Lipinski definition) is 1. The summed E-state index contributed by atoms with van der Waals surface area (Å²) in [4.78, 5) is 16.3. The third-order valence-corrected chi connectivity index (χ3v) is 4.36. The van der Waals surface area contributed by atoms with E-state index in [4.69, 9.17) is 4.74 Å². The molecular formula is C19H26ClN4O2-. The number of amides is 1. The van der Waals surface area contributed by atoms with Crippen molar-refractivity contribution in [3.05, 3.63) is 35.5 Å². The Morgan fingerprint density at radius 1 is 1.35 bits per heavy atom. The number of morpholine rings is 1. The number of rotatable bonds is 6. The Hall–Kier alpha value is -2.23. The third-order valence-electron chi connectivity index (χ3n) is 4.36. The van der Waals surface area contributed by atoms with E-state index in [1.54, 1.807) is 4.90 Å². The van der Waals surface area contributed by atoms with Crippen LogP contribution in [-0.4, -0.2) is 50.2 Å². The van der Waals surface area contributed by atoms with Gasteiger partial charge in [-0.05, 0) is 44.5 Å². The number of carbonyl (C=O) groups is 1. The number of nitriles is 1. The zero-order valence-corrected chi connectivity index (χ0v) is 16.3. The SMILES string of the molecule is CCN(CC)c1ccc(N/C=C(/C#N)C(=O)N2CCOCC2)c(C)c1.[Cl-]. The highest BCUT2D eigenvalue weighted by atomic mass is 35.5. The molecule has 1 aliphatic heterocycles. The van der Waals surface area contributed by atoms with Crippen LogP contribution in [0.25, 0.3) is 0 Å². The molecular weight excluding hydrogens is 352 g/mol. The minimum atomic E-state index is -0.254. The molecule has 1 aromatic rings. The summed E-state index contributed by atoms with van der Waals surface area (Å²) in [6.07, 6.45) is 1.50. The van der Waals surface area contributed by atoms with E-state index in [0.717, 1.165) is 24.3 Å². The summed E-state index contributed by atoms with van der Waals surface area (Å²) in [7, 11) is 0. The Morgan fingerprint density at radius 2 is 2.00 bits per heavy atom. The average Bonchev–Trinajstić information content (AvgIpc) is 2.65. The van der Waals surface area contributed by atoms with Crippen molar-refractivity contribution in [2.24, 2.45) is 0 Å². The lowest BCUT2D eigenvalue weighted by Crippen LogP contribution is -3.00. The van der Waals surface area contributed by atoms with Crippen LogP contribution in [-0.2, 0) is 9.53 Å². The van der Waals surface area contributed by atoms with E-state index in [9.17, 15) is 10.1 Å². The molecule has 1 aliphatic rings. The fourth-order valence-corrected chi connectivity index (χ4v) is 2.82. The van der Waals surface area contributed by atoms with E-state index in [-0.39, 0.29) is 23.9 Å². The first kappa shape index (κ1) is 21.8. The zero-order chi connectivity index (χ0) is 18.2. The maximum absolute atomic E-state index is 12.4. The number of aryl methyl sites for hydroxylation is 1. The van der Waals surface area contributed by atoms with Crippen LogP contribution in [0.4, 0.5) is 11.4 Å². The van der Waals surface area contributed by atoms with E-state index < -0.39 is 0 Å². The van der Waals surface area contributed by atoms with Gasteiger partial charge in [-0.25, -0.2) is 0 Å². The van der Waals surface area contributed by atoms with Crippen LogP contribution in [0.2, 0.25) is 0 Å². The summed E-state index contributed by atoms with van der Waals surface area (Å²) in [5.74, 6) is -0.254. The van der Waals surface area contributed by atoms with Gasteiger partial charge in [-0.3, -0.25) is 4.79 Å². The normalized spacial score (nSPS) is 14.2. The Bertz CT molecular complexity index is 675. The highest BCUT2D eigenvalue weighted by molar-refractivity contribution is 5.97. The second kappa shape index (κ2) is 10.7. The van der Waals surface area contributed by atoms with Crippen molar-refractivity contribution in [3.8, 4) is 6.07 Å². The molecule has 0 radical (unpaired) electrons. The first-order valence-corrected chi connectivity index (χ1v) is 8.70. The average molecular weight is 378 g/mol. The van der Waals surface area contributed by atoms with Crippen molar-refractivity contribution in [1.29, 1.82) is 5.26 Å². The van der Waals surface area contributed by atoms with Crippen LogP contribution in [0.15, 0.2) is 30.0 Å². The van der Waals surface area contributed by atoms with Crippen LogP contribution in [0.1, 0.15) is 19.4 Å². The predicted octanol–water partition coefficient (Wildman–Crippen LogP) is -0.477.